The number of esters is 3. The molecule has 0 spiro atoms. The quantitative estimate of drug-likeness (QED) is 0.0102. The van der Waals surface area contributed by atoms with Crippen LogP contribution in [-0.4, -0.2) is 270 Å². The van der Waals surface area contributed by atoms with E-state index in [2.05, 4.69) is 0 Å². The summed E-state index contributed by atoms with van der Waals surface area (Å²) >= 11 is 0. The van der Waals surface area contributed by atoms with Gasteiger partial charge in [0.25, 0.3) is 0 Å². The SMILES string of the molecule is O=C(O)CC(=O)OC[C@H]1O[C@@H](Oc2cc3c(=O)cc(O[C@@H]4O[C@@H](COC(=O)C=Cc5ccc(O)c(O)c5)[C@@H](O)[C@H](O)[C@H]4O)cc-3oc2-c2cc(O)c(O)c(O[C@@H]3O[C@H](C(=O)O)[C@@H](O)[C@H](O)[C@H]3O)c2)[C@H](O[C@@H]2O[C@@H](CO)[C@@H](O)[C@H](O)[C@H]2OC(=O)C=Cc2ccc(O)c(O)c2)[C@@H](O)[C@H]1O. The van der Waals surface area contributed by atoms with Crippen LogP contribution in [0.4, 0.5) is 0 Å². The fraction of sp³-hybridized carbons (Fsp3) is 0.400. The van der Waals surface area contributed by atoms with Crippen molar-refractivity contribution < 1.29 is 178 Å². The van der Waals surface area contributed by atoms with Crippen molar-refractivity contribution >= 4 is 42.0 Å². The minimum Gasteiger partial charge on any atom is -0.504 e. The topological polar surface area (TPSA) is 601 Å². The average molecular weight is 1380 g/mol. The molecule has 1 aliphatic carbocycles. The molecule has 0 amide bonds. The van der Waals surface area contributed by atoms with Gasteiger partial charge in [0, 0.05) is 29.8 Å². The summed E-state index contributed by atoms with van der Waals surface area (Å²) in [5, 5.41) is 201. The number of aliphatic hydroxyl groups excluding tert-OH is 11. The number of hydrogen-bond donors (Lipinski definition) is 19. The molecule has 6 aliphatic rings. The molecule has 0 aromatic heterocycles. The summed E-state index contributed by atoms with van der Waals surface area (Å²) in [7, 11) is 0. The molecule has 5 aliphatic heterocycles. The van der Waals surface area contributed by atoms with Crippen LogP contribution in [-0.2, 0) is 61.9 Å². The summed E-state index contributed by atoms with van der Waals surface area (Å²) in [5.41, 5.74) is -1.84. The smallest absolute Gasteiger partial charge is 0.335 e. The third kappa shape index (κ3) is 16.3. The van der Waals surface area contributed by atoms with Crippen LogP contribution in [0, 0.1) is 0 Å². The summed E-state index contributed by atoms with van der Waals surface area (Å²) in [6, 6.07) is 11.0. The average Bonchev–Trinajstić information content (AvgIpc) is 0.766. The number of phenols is 6. The fourth-order valence-electron chi connectivity index (χ4n) is 10.1. The number of aliphatic carboxylic acids is 2. The molecule has 3 aromatic carbocycles. The lowest BCUT2D eigenvalue weighted by atomic mass is 9.97. The molecule has 0 bridgehead atoms. The summed E-state index contributed by atoms with van der Waals surface area (Å²) in [6.07, 6.45) is -40.6. The highest BCUT2D eigenvalue weighted by molar-refractivity contribution is 5.90. The van der Waals surface area contributed by atoms with Crippen LogP contribution in [0.3, 0.4) is 0 Å². The molecule has 3 aromatic rings. The third-order valence-corrected chi connectivity index (χ3v) is 15.3. The molecule has 37 nitrogen and oxygen atoms in total. The number of carboxylic acids is 2. The summed E-state index contributed by atoms with van der Waals surface area (Å²) in [5.74, 6) is -15.4. The first-order valence-corrected chi connectivity index (χ1v) is 28.7. The maximum absolute atomic E-state index is 14.3. The minimum absolute atomic E-state index is 0.113. The molecule has 0 saturated carbocycles. The highest BCUT2D eigenvalue weighted by atomic mass is 16.8. The predicted octanol–water partition coefficient (Wildman–Crippen LogP) is -4.35. The van der Waals surface area contributed by atoms with Gasteiger partial charge < -0.3 is 154 Å². The minimum atomic E-state index is -2.42. The molecule has 4 saturated heterocycles. The van der Waals surface area contributed by atoms with E-state index in [1.54, 1.807) is 0 Å². The largest absolute Gasteiger partial charge is 0.504 e. The number of aliphatic hydroxyl groups is 11. The van der Waals surface area contributed by atoms with E-state index in [4.69, 9.17) is 56.5 Å². The summed E-state index contributed by atoms with van der Waals surface area (Å²) in [4.78, 5) is 76.3. The van der Waals surface area contributed by atoms with Crippen LogP contribution in [0.2, 0.25) is 0 Å². The Bertz CT molecular complexity index is 3780. The zero-order valence-electron chi connectivity index (χ0n) is 49.4. The molecule has 97 heavy (non-hydrogen) atoms. The van der Waals surface area contributed by atoms with Crippen LogP contribution in [0.25, 0.3) is 34.8 Å². The van der Waals surface area contributed by atoms with Crippen molar-refractivity contribution in [1.82, 2.24) is 0 Å². The molecule has 19 N–H and O–H groups in total. The summed E-state index contributed by atoms with van der Waals surface area (Å²) < 4.78 is 68.1. The first-order chi connectivity index (χ1) is 45.9. The second-order valence-electron chi connectivity index (χ2n) is 22.0. The van der Waals surface area contributed by atoms with Gasteiger partial charge in [0.05, 0.1) is 12.2 Å². The molecule has 0 radical (unpaired) electrons. The van der Waals surface area contributed by atoms with Crippen molar-refractivity contribution in [2.75, 3.05) is 19.8 Å². The zero-order chi connectivity index (χ0) is 70.6. The molecular weight excluding hydrogens is 1310 g/mol. The molecular formula is C60H62O37. The van der Waals surface area contributed by atoms with Crippen molar-refractivity contribution in [1.29, 1.82) is 0 Å². The molecule has 20 atom stereocenters. The van der Waals surface area contributed by atoms with Crippen molar-refractivity contribution in [3.8, 4) is 74.4 Å². The molecule has 0 unspecified atom stereocenters. The monoisotopic (exact) mass is 1370 g/mol. The van der Waals surface area contributed by atoms with E-state index < -0.39 is 259 Å². The van der Waals surface area contributed by atoms with Gasteiger partial charge in [-0.25, -0.2) is 14.4 Å². The van der Waals surface area contributed by atoms with Gasteiger partial charge >= 0.3 is 29.8 Å². The number of benzene rings is 4. The molecule has 4 fully saturated rings. The van der Waals surface area contributed by atoms with Crippen LogP contribution < -0.4 is 19.6 Å². The highest BCUT2D eigenvalue weighted by Gasteiger charge is 2.54. The van der Waals surface area contributed by atoms with Gasteiger partial charge in [0.2, 0.25) is 24.6 Å². The Kier molecular flexibility index (Phi) is 22.4. The number of hydrogen-bond acceptors (Lipinski definition) is 35. The van der Waals surface area contributed by atoms with Crippen LogP contribution in [0.5, 0.6) is 51.7 Å². The van der Waals surface area contributed by atoms with Crippen molar-refractivity contribution in [3.05, 3.63) is 100 Å². The van der Waals surface area contributed by atoms with Crippen molar-refractivity contribution in [3.63, 3.8) is 0 Å². The second-order valence-corrected chi connectivity index (χ2v) is 22.0. The lowest BCUT2D eigenvalue weighted by Gasteiger charge is -2.46. The normalized spacial score (nSPS) is 30.5. The Morgan fingerprint density at radius 1 is 0.495 bits per heavy atom. The fourth-order valence-corrected chi connectivity index (χ4v) is 10.1. The van der Waals surface area contributed by atoms with Crippen molar-refractivity contribution in [2.24, 2.45) is 0 Å². The van der Waals surface area contributed by atoms with Gasteiger partial charge in [0.1, 0.15) is 110 Å². The first kappa shape index (κ1) is 71.8. The molecule has 5 heterocycles. The first-order valence-electron chi connectivity index (χ1n) is 28.7. The Morgan fingerprint density at radius 3 is 1.65 bits per heavy atom. The van der Waals surface area contributed by atoms with Gasteiger partial charge in [-0.1, -0.05) is 12.1 Å². The number of fused-ring (bicyclic) bond motifs is 1. The Balaban J connectivity index is 1.10. The maximum Gasteiger partial charge on any atom is 0.335 e. The predicted molar refractivity (Wildman–Crippen MR) is 308 cm³/mol. The van der Waals surface area contributed by atoms with E-state index in [-0.39, 0.29) is 11.1 Å². The van der Waals surface area contributed by atoms with Crippen LogP contribution in [0.1, 0.15) is 17.5 Å². The Labute approximate surface area is 541 Å². The van der Waals surface area contributed by atoms with Crippen molar-refractivity contribution in [2.45, 2.75) is 129 Å². The number of phenolic OH excluding ortho intramolecular Hbond substituents is 6. The lowest BCUT2D eigenvalue weighted by molar-refractivity contribution is -0.358. The molecule has 9 rings (SSSR count). The van der Waals surface area contributed by atoms with Gasteiger partial charge in [-0.2, -0.15) is 0 Å². The van der Waals surface area contributed by atoms with Gasteiger partial charge in [-0.15, -0.1) is 0 Å². The number of carbonyl (C=O) groups is 5. The number of aromatic hydroxyl groups is 6. The van der Waals surface area contributed by atoms with E-state index in [0.29, 0.717) is 6.07 Å². The van der Waals surface area contributed by atoms with E-state index >= 15 is 0 Å². The van der Waals surface area contributed by atoms with Gasteiger partial charge in [-0.05, 0) is 65.7 Å². The second kappa shape index (κ2) is 30.3. The summed E-state index contributed by atoms with van der Waals surface area (Å²) in [6.45, 7) is -2.99. The lowest BCUT2D eigenvalue weighted by Crippen LogP contribution is -2.65. The number of carbonyl (C=O) groups excluding carboxylic acids is 3. The number of rotatable bonds is 22. The van der Waals surface area contributed by atoms with Crippen LogP contribution >= 0.6 is 0 Å². The van der Waals surface area contributed by atoms with Crippen LogP contribution in [0.15, 0.2) is 88.1 Å². The highest BCUT2D eigenvalue weighted by Crippen LogP contribution is 2.47. The Morgan fingerprint density at radius 2 is 1.04 bits per heavy atom. The van der Waals surface area contributed by atoms with E-state index in [0.717, 1.165) is 66.8 Å². The van der Waals surface area contributed by atoms with E-state index in [9.17, 15) is 126 Å². The number of ether oxygens (including phenoxy) is 11. The molecule has 524 valence electrons. The third-order valence-electron chi connectivity index (χ3n) is 15.3. The van der Waals surface area contributed by atoms with Gasteiger partial charge in [-0.3, -0.25) is 14.4 Å². The van der Waals surface area contributed by atoms with Gasteiger partial charge in [0.15, 0.2) is 76.0 Å². The van der Waals surface area contributed by atoms with E-state index in [1.165, 1.54) is 18.2 Å². The zero-order valence-corrected chi connectivity index (χ0v) is 49.4. The number of carboxylic acid groups (broad SMARTS) is 2. The molecule has 37 heteroatoms. The van der Waals surface area contributed by atoms with E-state index in [1.807, 2.05) is 0 Å². The maximum atomic E-state index is 14.3. The standard InChI is InChI=1S/C60H62O37/c61-17-34-42(74)47(79)54(95-39(71)8-4-21-2-6-26(63)29(66)10-21)60(92-34)97-55-48(80)44(76)36(19-87-40(72)16-37(68)69)94-59(55)91-33-15-24-27(64)13-23(88-57-50(82)45(77)43(75)35(93-57)18-86-38(70)7-3-20-1-5-25(62)28(65)9-20)14-31(24)89-52(33)22-11-30(67)41(73)32(12-22)90-58-51(83)46(78)49(81)53(96-58)56(84)85/h1-15,34-36,42-51,53-55,57-63,65-67,73-83H,16-19H2,(H,68,69)(H,84,85)/t34-,35-,36+,42+,43+,44-,45-,46-,47-,48-,49-,50+,51+,53-,54+,55+,57+,58+,59+,60-/m0/s1. The Hall–Kier alpha value is -9.52.